The molecule has 1 fully saturated rings. The Kier molecular flexibility index (Phi) is 3.50. The number of carbonyl (C=O) groups is 1. The molecule has 0 spiro atoms. The van der Waals surface area contributed by atoms with Crippen molar-refractivity contribution in [3.63, 3.8) is 0 Å². The molecular formula is C16H15N3O3. The van der Waals surface area contributed by atoms with Gasteiger partial charge in [-0.15, -0.1) is 0 Å². The molecule has 1 aliphatic carbocycles. The van der Waals surface area contributed by atoms with Gasteiger partial charge in [-0.1, -0.05) is 30.3 Å². The number of benzene rings is 2. The lowest BCUT2D eigenvalue weighted by Crippen LogP contribution is -2.12. The van der Waals surface area contributed by atoms with Crippen LogP contribution in [0.1, 0.15) is 28.3 Å². The number of carbonyl (C=O) groups excluding carboxylic acids is 1. The van der Waals surface area contributed by atoms with Gasteiger partial charge in [-0.25, -0.2) is 0 Å². The van der Waals surface area contributed by atoms with Crippen LogP contribution in [0.4, 0.5) is 11.4 Å². The number of nitrogens with zero attached hydrogens (tertiary/aromatic N) is 1. The average molecular weight is 297 g/mol. The van der Waals surface area contributed by atoms with Crippen LogP contribution in [0.25, 0.3) is 0 Å². The zero-order valence-corrected chi connectivity index (χ0v) is 11.7. The number of nitrogens with one attached hydrogen (secondary N) is 1. The van der Waals surface area contributed by atoms with Crippen LogP contribution in [-0.4, -0.2) is 16.9 Å². The average Bonchev–Trinajstić information content (AvgIpc) is 3.27. The molecular weight excluding hydrogens is 282 g/mol. The number of nitrogens with two attached hydrogens (primary N) is 1. The van der Waals surface area contributed by atoms with Crippen molar-refractivity contribution >= 4 is 17.3 Å². The molecule has 3 N–H and O–H groups in total. The van der Waals surface area contributed by atoms with E-state index in [2.05, 4.69) is 17.4 Å². The molecule has 2 aromatic rings. The molecule has 1 aliphatic rings. The first-order valence-corrected chi connectivity index (χ1v) is 6.96. The first-order valence-electron chi connectivity index (χ1n) is 6.96. The van der Waals surface area contributed by atoms with Crippen LogP contribution in [0.15, 0.2) is 48.5 Å². The summed E-state index contributed by atoms with van der Waals surface area (Å²) in [5.74, 6) is -0.320. The van der Waals surface area contributed by atoms with Gasteiger partial charge in [-0.05, 0) is 24.1 Å². The fourth-order valence-electron chi connectivity index (χ4n) is 2.58. The van der Waals surface area contributed by atoms with Crippen LogP contribution in [-0.2, 0) is 0 Å². The number of anilines is 1. The molecule has 6 nitrogen and oxygen atoms in total. The van der Waals surface area contributed by atoms with Crippen LogP contribution in [0.5, 0.6) is 0 Å². The van der Waals surface area contributed by atoms with Gasteiger partial charge in [0.2, 0.25) is 5.91 Å². The fourth-order valence-corrected chi connectivity index (χ4v) is 2.58. The van der Waals surface area contributed by atoms with E-state index in [4.69, 9.17) is 5.73 Å². The third-order valence-corrected chi connectivity index (χ3v) is 3.84. The Balaban J connectivity index is 1.79. The van der Waals surface area contributed by atoms with Gasteiger partial charge in [0.1, 0.15) is 5.69 Å². The molecule has 6 heteroatoms. The maximum Gasteiger partial charge on any atom is 0.293 e. The summed E-state index contributed by atoms with van der Waals surface area (Å²) >= 11 is 0. The Labute approximate surface area is 127 Å². The van der Waals surface area contributed by atoms with Crippen molar-refractivity contribution in [2.45, 2.75) is 18.4 Å². The Morgan fingerprint density at radius 2 is 1.95 bits per heavy atom. The first-order chi connectivity index (χ1) is 10.6. The van der Waals surface area contributed by atoms with E-state index >= 15 is 0 Å². The topological polar surface area (TPSA) is 98.3 Å². The van der Waals surface area contributed by atoms with Crippen molar-refractivity contribution in [1.29, 1.82) is 0 Å². The molecule has 0 heterocycles. The van der Waals surface area contributed by atoms with E-state index in [-0.39, 0.29) is 17.3 Å². The first kappa shape index (κ1) is 14.1. The minimum atomic E-state index is -0.678. The second-order valence-electron chi connectivity index (χ2n) is 5.36. The van der Waals surface area contributed by atoms with Crippen LogP contribution in [0.3, 0.4) is 0 Å². The number of hydrogen-bond acceptors (Lipinski definition) is 4. The highest BCUT2D eigenvalue weighted by molar-refractivity contribution is 5.94. The minimum absolute atomic E-state index is 0.130. The van der Waals surface area contributed by atoms with Crippen LogP contribution in [0, 0.1) is 10.1 Å². The molecule has 2 unspecified atom stereocenters. The molecule has 0 aliphatic heterocycles. The van der Waals surface area contributed by atoms with Crippen molar-refractivity contribution in [3.8, 4) is 0 Å². The molecule has 1 saturated carbocycles. The van der Waals surface area contributed by atoms with Gasteiger partial charge >= 0.3 is 0 Å². The van der Waals surface area contributed by atoms with E-state index < -0.39 is 10.8 Å². The monoisotopic (exact) mass is 297 g/mol. The number of primary amides is 1. The smallest absolute Gasteiger partial charge is 0.293 e. The van der Waals surface area contributed by atoms with Crippen molar-refractivity contribution in [2.24, 2.45) is 5.73 Å². The molecule has 2 aromatic carbocycles. The lowest BCUT2D eigenvalue weighted by atomic mass is 10.1. The molecule has 3 rings (SSSR count). The Hall–Kier alpha value is -2.89. The highest BCUT2D eigenvalue weighted by atomic mass is 16.6. The molecule has 2 atom stereocenters. The van der Waals surface area contributed by atoms with Crippen LogP contribution in [0.2, 0.25) is 0 Å². The SMILES string of the molecule is NC(=O)c1ccc(NC2CC2c2ccccc2)c([N+](=O)[O-])c1. The van der Waals surface area contributed by atoms with E-state index in [1.807, 2.05) is 18.2 Å². The summed E-state index contributed by atoms with van der Waals surface area (Å²) in [6.45, 7) is 0. The minimum Gasteiger partial charge on any atom is -0.376 e. The van der Waals surface area contributed by atoms with E-state index in [1.54, 1.807) is 6.07 Å². The number of rotatable bonds is 5. The van der Waals surface area contributed by atoms with Crippen molar-refractivity contribution in [1.82, 2.24) is 0 Å². The van der Waals surface area contributed by atoms with Gasteiger partial charge in [0.15, 0.2) is 0 Å². The highest BCUT2D eigenvalue weighted by Gasteiger charge is 2.39. The Morgan fingerprint density at radius 3 is 2.59 bits per heavy atom. The van der Waals surface area contributed by atoms with Crippen molar-refractivity contribution in [2.75, 3.05) is 5.32 Å². The second-order valence-corrected chi connectivity index (χ2v) is 5.36. The largest absolute Gasteiger partial charge is 0.376 e. The second kappa shape index (κ2) is 5.48. The quantitative estimate of drug-likeness (QED) is 0.654. The van der Waals surface area contributed by atoms with Gasteiger partial charge in [0.05, 0.1) is 4.92 Å². The van der Waals surface area contributed by atoms with Crippen LogP contribution < -0.4 is 11.1 Å². The predicted octanol–water partition coefficient (Wildman–Crippen LogP) is 2.66. The molecule has 0 saturated heterocycles. The van der Waals surface area contributed by atoms with E-state index in [1.165, 1.54) is 17.7 Å². The van der Waals surface area contributed by atoms with Gasteiger partial charge in [0.25, 0.3) is 5.69 Å². The normalized spacial score (nSPS) is 19.5. The molecule has 1 amide bonds. The summed E-state index contributed by atoms with van der Waals surface area (Å²) in [7, 11) is 0. The van der Waals surface area contributed by atoms with E-state index in [0.29, 0.717) is 11.6 Å². The fraction of sp³-hybridized carbons (Fsp3) is 0.188. The third-order valence-electron chi connectivity index (χ3n) is 3.84. The number of nitro benzene ring substituents is 1. The molecule has 0 aromatic heterocycles. The summed E-state index contributed by atoms with van der Waals surface area (Å²) in [5.41, 5.74) is 6.80. The summed E-state index contributed by atoms with van der Waals surface area (Å²) in [5, 5.41) is 14.4. The highest BCUT2D eigenvalue weighted by Crippen LogP contribution is 2.43. The standard InChI is InChI=1S/C16H15N3O3/c17-16(20)11-6-7-13(15(8-11)19(21)22)18-14-9-12(14)10-4-2-1-3-5-10/h1-8,12,14,18H,9H2,(H2,17,20). The van der Waals surface area contributed by atoms with Gasteiger partial charge in [0, 0.05) is 23.6 Å². The Morgan fingerprint density at radius 1 is 1.23 bits per heavy atom. The maximum atomic E-state index is 11.2. The van der Waals surface area contributed by atoms with E-state index in [0.717, 1.165) is 6.42 Å². The molecule has 0 bridgehead atoms. The zero-order chi connectivity index (χ0) is 15.7. The van der Waals surface area contributed by atoms with Crippen molar-refractivity contribution < 1.29 is 9.72 Å². The van der Waals surface area contributed by atoms with Gasteiger partial charge < -0.3 is 11.1 Å². The maximum absolute atomic E-state index is 11.2. The lowest BCUT2D eigenvalue weighted by Gasteiger charge is -2.08. The third kappa shape index (κ3) is 2.76. The lowest BCUT2D eigenvalue weighted by molar-refractivity contribution is -0.384. The molecule has 22 heavy (non-hydrogen) atoms. The van der Waals surface area contributed by atoms with Gasteiger partial charge in [-0.2, -0.15) is 0 Å². The summed E-state index contributed by atoms with van der Waals surface area (Å²) in [6.07, 6.45) is 0.929. The Bertz CT molecular complexity index is 731. The van der Waals surface area contributed by atoms with E-state index in [9.17, 15) is 14.9 Å². The number of amides is 1. The predicted molar refractivity (Wildman–Crippen MR) is 82.8 cm³/mol. The van der Waals surface area contributed by atoms with Crippen LogP contribution >= 0.6 is 0 Å². The summed E-state index contributed by atoms with van der Waals surface area (Å²) in [4.78, 5) is 21.8. The number of nitro groups is 1. The van der Waals surface area contributed by atoms with Crippen molar-refractivity contribution in [3.05, 3.63) is 69.8 Å². The zero-order valence-electron chi connectivity index (χ0n) is 11.7. The molecule has 0 radical (unpaired) electrons. The summed E-state index contributed by atoms with van der Waals surface area (Å²) in [6, 6.07) is 14.4. The van der Waals surface area contributed by atoms with Gasteiger partial charge in [-0.3, -0.25) is 14.9 Å². The number of hydrogen-bond donors (Lipinski definition) is 2. The molecule has 112 valence electrons. The summed E-state index contributed by atoms with van der Waals surface area (Å²) < 4.78 is 0.